The van der Waals surface area contributed by atoms with Crippen LogP contribution in [0.15, 0.2) is 59.5 Å². The van der Waals surface area contributed by atoms with Crippen molar-refractivity contribution >= 4 is 21.6 Å². The SMILES string of the molecule is CC[C@@H](Oc1ccccc1)C(=O)Nc1cccc(S(=O)(=O)N2CCOCC2)c1. The maximum atomic E-state index is 12.8. The first-order valence-corrected chi connectivity index (χ1v) is 10.6. The van der Waals surface area contributed by atoms with E-state index in [0.717, 1.165) is 0 Å². The standard InChI is InChI=1S/C20H24N2O5S/c1-2-19(27-17-8-4-3-5-9-17)20(23)21-16-7-6-10-18(15-16)28(24,25)22-11-13-26-14-12-22/h3-10,15,19H,2,11-14H2,1H3,(H,21,23)/t19-/m1/s1. The average molecular weight is 404 g/mol. The number of hydrogen-bond donors (Lipinski definition) is 1. The summed E-state index contributed by atoms with van der Waals surface area (Å²) in [5.41, 5.74) is 0.412. The molecule has 0 unspecified atom stereocenters. The molecule has 1 amide bonds. The van der Waals surface area contributed by atoms with Gasteiger partial charge in [0.1, 0.15) is 5.75 Å². The molecule has 0 aromatic heterocycles. The second kappa shape index (κ2) is 9.18. The molecule has 1 fully saturated rings. The number of nitrogens with one attached hydrogen (secondary N) is 1. The number of ether oxygens (including phenoxy) is 2. The predicted octanol–water partition coefficient (Wildman–Crippen LogP) is 2.50. The number of nitrogens with zero attached hydrogens (tertiary/aromatic N) is 1. The van der Waals surface area contributed by atoms with E-state index < -0.39 is 16.1 Å². The van der Waals surface area contributed by atoms with Crippen molar-refractivity contribution in [1.82, 2.24) is 4.31 Å². The van der Waals surface area contributed by atoms with Crippen LogP contribution in [0.1, 0.15) is 13.3 Å². The molecule has 1 aliphatic heterocycles. The summed E-state index contributed by atoms with van der Waals surface area (Å²) in [5.74, 6) is 0.278. The van der Waals surface area contributed by atoms with Gasteiger partial charge in [-0.05, 0) is 36.8 Å². The van der Waals surface area contributed by atoms with Gasteiger partial charge in [0.25, 0.3) is 5.91 Å². The first-order valence-electron chi connectivity index (χ1n) is 9.21. The number of amides is 1. The highest BCUT2D eigenvalue weighted by Gasteiger charge is 2.27. The molecule has 2 aromatic rings. The Morgan fingerprint density at radius 2 is 1.86 bits per heavy atom. The lowest BCUT2D eigenvalue weighted by molar-refractivity contribution is -0.122. The van der Waals surface area contributed by atoms with E-state index in [4.69, 9.17) is 9.47 Å². The predicted molar refractivity (Wildman–Crippen MR) is 106 cm³/mol. The summed E-state index contributed by atoms with van der Waals surface area (Å²) in [6, 6.07) is 15.4. The van der Waals surface area contributed by atoms with Crippen molar-refractivity contribution in [3.8, 4) is 5.75 Å². The fourth-order valence-electron chi connectivity index (χ4n) is 2.88. The molecular formula is C20H24N2O5S. The Labute approximate surface area is 165 Å². The molecule has 7 nitrogen and oxygen atoms in total. The van der Waals surface area contributed by atoms with Gasteiger partial charge in [-0.25, -0.2) is 8.42 Å². The second-order valence-electron chi connectivity index (χ2n) is 6.36. The van der Waals surface area contributed by atoms with E-state index in [1.165, 1.54) is 16.4 Å². The van der Waals surface area contributed by atoms with Gasteiger partial charge in [0.2, 0.25) is 10.0 Å². The smallest absolute Gasteiger partial charge is 0.265 e. The van der Waals surface area contributed by atoms with Crippen molar-refractivity contribution in [2.24, 2.45) is 0 Å². The molecule has 2 aromatic carbocycles. The van der Waals surface area contributed by atoms with Gasteiger partial charge >= 0.3 is 0 Å². The maximum Gasteiger partial charge on any atom is 0.265 e. The Kier molecular flexibility index (Phi) is 6.66. The summed E-state index contributed by atoms with van der Waals surface area (Å²) in [6.45, 7) is 3.26. The average Bonchev–Trinajstić information content (AvgIpc) is 2.73. The molecule has 1 saturated heterocycles. The zero-order valence-corrected chi connectivity index (χ0v) is 16.5. The van der Waals surface area contributed by atoms with E-state index in [1.807, 2.05) is 25.1 Å². The molecule has 3 rings (SSSR count). The Hall–Kier alpha value is -2.42. The molecule has 28 heavy (non-hydrogen) atoms. The lowest BCUT2D eigenvalue weighted by atomic mass is 10.2. The van der Waals surface area contributed by atoms with E-state index in [1.54, 1.807) is 24.3 Å². The fraction of sp³-hybridized carbons (Fsp3) is 0.350. The van der Waals surface area contributed by atoms with Crippen molar-refractivity contribution in [2.75, 3.05) is 31.6 Å². The van der Waals surface area contributed by atoms with E-state index >= 15 is 0 Å². The van der Waals surface area contributed by atoms with Crippen LogP contribution in [0.25, 0.3) is 0 Å². The van der Waals surface area contributed by atoms with Crippen molar-refractivity contribution in [2.45, 2.75) is 24.3 Å². The van der Waals surface area contributed by atoms with Crippen molar-refractivity contribution < 1.29 is 22.7 Å². The van der Waals surface area contributed by atoms with Crippen molar-refractivity contribution in [1.29, 1.82) is 0 Å². The zero-order valence-electron chi connectivity index (χ0n) is 15.7. The number of anilines is 1. The largest absolute Gasteiger partial charge is 0.481 e. The van der Waals surface area contributed by atoms with Crippen LogP contribution in [0.5, 0.6) is 5.75 Å². The molecule has 0 bridgehead atoms. The van der Waals surface area contributed by atoms with Gasteiger partial charge in [0.15, 0.2) is 6.10 Å². The molecule has 1 atom stereocenters. The van der Waals surface area contributed by atoms with Gasteiger partial charge in [0.05, 0.1) is 18.1 Å². The molecule has 0 spiro atoms. The summed E-state index contributed by atoms with van der Waals surface area (Å²) in [7, 11) is -3.62. The fourth-order valence-corrected chi connectivity index (χ4v) is 4.33. The number of morpholine rings is 1. The van der Waals surface area contributed by atoms with Gasteiger partial charge in [-0.3, -0.25) is 4.79 Å². The minimum Gasteiger partial charge on any atom is -0.481 e. The minimum atomic E-state index is -3.62. The summed E-state index contributed by atoms with van der Waals surface area (Å²) >= 11 is 0. The Morgan fingerprint density at radius 1 is 1.14 bits per heavy atom. The lowest BCUT2D eigenvalue weighted by Crippen LogP contribution is -2.40. The zero-order chi connectivity index (χ0) is 20.0. The van der Waals surface area contributed by atoms with Gasteiger partial charge in [-0.1, -0.05) is 31.2 Å². The molecule has 0 radical (unpaired) electrons. The van der Waals surface area contributed by atoms with Crippen LogP contribution in [0.2, 0.25) is 0 Å². The van der Waals surface area contributed by atoms with Crippen LogP contribution in [0, 0.1) is 0 Å². The third kappa shape index (κ3) is 4.89. The highest BCUT2D eigenvalue weighted by atomic mass is 32.2. The topological polar surface area (TPSA) is 84.9 Å². The summed E-state index contributed by atoms with van der Waals surface area (Å²) in [4.78, 5) is 12.7. The molecular weight excluding hydrogens is 380 g/mol. The highest BCUT2D eigenvalue weighted by molar-refractivity contribution is 7.89. The van der Waals surface area contributed by atoms with Crippen LogP contribution >= 0.6 is 0 Å². The molecule has 0 saturated carbocycles. The highest BCUT2D eigenvalue weighted by Crippen LogP contribution is 2.21. The molecule has 1 heterocycles. The van der Waals surface area contributed by atoms with Gasteiger partial charge < -0.3 is 14.8 Å². The first kappa shape index (κ1) is 20.3. The molecule has 1 N–H and O–H groups in total. The number of carbonyl (C=O) groups is 1. The number of para-hydroxylation sites is 1. The number of carbonyl (C=O) groups excluding carboxylic acids is 1. The monoisotopic (exact) mass is 404 g/mol. The minimum absolute atomic E-state index is 0.143. The first-order chi connectivity index (χ1) is 13.5. The number of rotatable bonds is 7. The Balaban J connectivity index is 1.72. The van der Waals surface area contributed by atoms with Crippen LogP contribution in [0.4, 0.5) is 5.69 Å². The molecule has 8 heteroatoms. The molecule has 1 aliphatic rings. The number of sulfonamides is 1. The van der Waals surface area contributed by atoms with E-state index in [2.05, 4.69) is 5.32 Å². The molecule has 0 aliphatic carbocycles. The third-order valence-electron chi connectivity index (χ3n) is 4.39. The molecule has 150 valence electrons. The van der Waals surface area contributed by atoms with Gasteiger partial charge in [0, 0.05) is 18.8 Å². The van der Waals surface area contributed by atoms with Crippen molar-refractivity contribution in [3.05, 3.63) is 54.6 Å². The summed E-state index contributed by atoms with van der Waals surface area (Å²) < 4.78 is 37.9. The van der Waals surface area contributed by atoms with Crippen LogP contribution in [-0.2, 0) is 19.6 Å². The Morgan fingerprint density at radius 3 is 2.54 bits per heavy atom. The van der Waals surface area contributed by atoms with E-state index in [9.17, 15) is 13.2 Å². The van der Waals surface area contributed by atoms with Gasteiger partial charge in [-0.2, -0.15) is 4.31 Å². The number of benzene rings is 2. The quantitative estimate of drug-likeness (QED) is 0.766. The van der Waals surface area contributed by atoms with Crippen molar-refractivity contribution in [3.63, 3.8) is 0 Å². The Bertz CT molecular complexity index is 896. The van der Waals surface area contributed by atoms with Crippen LogP contribution < -0.4 is 10.1 Å². The van der Waals surface area contributed by atoms with E-state index in [0.29, 0.717) is 44.2 Å². The maximum absolute atomic E-state index is 12.8. The van der Waals surface area contributed by atoms with Crippen LogP contribution in [-0.4, -0.2) is 51.0 Å². The summed E-state index contributed by atoms with van der Waals surface area (Å²) in [6.07, 6.45) is -0.200. The third-order valence-corrected chi connectivity index (χ3v) is 6.29. The number of hydrogen-bond acceptors (Lipinski definition) is 5. The normalized spacial score (nSPS) is 16.3. The van der Waals surface area contributed by atoms with Gasteiger partial charge in [-0.15, -0.1) is 0 Å². The lowest BCUT2D eigenvalue weighted by Gasteiger charge is -2.26. The summed E-state index contributed by atoms with van der Waals surface area (Å²) in [5, 5.41) is 2.76. The second-order valence-corrected chi connectivity index (χ2v) is 8.30. The van der Waals surface area contributed by atoms with E-state index in [-0.39, 0.29) is 10.8 Å². The van der Waals surface area contributed by atoms with Crippen LogP contribution in [0.3, 0.4) is 0 Å².